The smallest absolute Gasteiger partial charge is 0.229 e. The molecule has 2 heterocycles. The molecule has 4 saturated carbocycles. The van der Waals surface area contributed by atoms with Crippen molar-refractivity contribution in [3.05, 3.63) is 29.7 Å². The van der Waals surface area contributed by atoms with E-state index in [1.165, 1.54) is 30.2 Å². The molecule has 0 aliphatic heterocycles. The minimum absolute atomic E-state index is 0.251. The second kappa shape index (κ2) is 4.02. The molecule has 2 bridgehead atoms. The van der Waals surface area contributed by atoms with E-state index < -0.39 is 5.41 Å². The quantitative estimate of drug-likeness (QED) is 0.907. The summed E-state index contributed by atoms with van der Waals surface area (Å²) in [4.78, 5) is 21.0. The number of anilines is 1. The highest BCUT2D eigenvalue weighted by molar-refractivity contribution is 5.96. The van der Waals surface area contributed by atoms with Crippen molar-refractivity contribution in [2.45, 2.75) is 42.9 Å². The van der Waals surface area contributed by atoms with Gasteiger partial charge in [0.25, 0.3) is 0 Å². The van der Waals surface area contributed by atoms with E-state index in [1.807, 2.05) is 19.4 Å². The number of nitrogens with one attached hydrogen (secondary N) is 1. The molecule has 4 aliphatic rings. The fraction of sp³-hybridized carbons (Fsp3) is 0.500. The fourth-order valence-corrected chi connectivity index (χ4v) is 4.58. The topological polar surface area (TPSA) is 80.9 Å². The second-order valence-electron chi connectivity index (χ2n) is 7.59. The Hall–Kier alpha value is -2.17. The van der Waals surface area contributed by atoms with Gasteiger partial charge >= 0.3 is 0 Å². The number of aromatic nitrogens is 2. The van der Waals surface area contributed by atoms with Crippen LogP contribution >= 0.6 is 0 Å². The molecule has 0 saturated heterocycles. The minimum Gasteiger partial charge on any atom is -0.373 e. The number of rotatable bonds is 4. The third kappa shape index (κ3) is 1.55. The normalized spacial score (nSPS) is 29.5. The summed E-state index contributed by atoms with van der Waals surface area (Å²) in [7, 11) is 1.88. The van der Waals surface area contributed by atoms with Crippen LogP contribution in [-0.2, 0) is 15.6 Å². The molecule has 0 unspecified atom stereocenters. The minimum atomic E-state index is -0.534. The first-order chi connectivity index (χ1) is 11.1. The molecule has 0 aromatic carbocycles. The summed E-state index contributed by atoms with van der Waals surface area (Å²) in [5.74, 6) is 1.51. The van der Waals surface area contributed by atoms with E-state index in [0.29, 0.717) is 5.41 Å². The van der Waals surface area contributed by atoms with Crippen LogP contribution in [0.4, 0.5) is 5.82 Å². The maximum absolute atomic E-state index is 11.9. The molecule has 118 valence electrons. The van der Waals surface area contributed by atoms with E-state index in [4.69, 9.17) is 5.73 Å². The van der Waals surface area contributed by atoms with Crippen LogP contribution in [0.2, 0.25) is 0 Å². The molecule has 6 rings (SSSR count). The number of hydrogen-bond acceptors (Lipinski definition) is 4. The largest absolute Gasteiger partial charge is 0.373 e. The van der Waals surface area contributed by atoms with E-state index in [0.717, 1.165) is 35.7 Å². The average Bonchev–Trinajstić information content (AvgIpc) is 3.25. The Balaban J connectivity index is 1.73. The zero-order valence-electron chi connectivity index (χ0n) is 13.2. The van der Waals surface area contributed by atoms with Crippen molar-refractivity contribution in [3.8, 4) is 0 Å². The van der Waals surface area contributed by atoms with Gasteiger partial charge in [0, 0.05) is 24.8 Å². The highest BCUT2D eigenvalue weighted by atomic mass is 16.1. The van der Waals surface area contributed by atoms with E-state index in [9.17, 15) is 4.79 Å². The number of hydrogen-bond donors (Lipinski definition) is 2. The fourth-order valence-electron chi connectivity index (χ4n) is 4.58. The molecule has 0 atom stereocenters. The molecule has 3 N–H and O–H groups in total. The standard InChI is InChI=1S/C18H20N4O/c1-20-15-12-8-21-14(18(2-3-18)16(19)23)4-11(12)13(9-22-15)17-5-10(6-17)7-17/h4,8-10H,2-3,5-7H2,1H3,(H2,19,23)(H,20,22). The maximum Gasteiger partial charge on any atom is 0.229 e. The van der Waals surface area contributed by atoms with Gasteiger partial charge in [-0.3, -0.25) is 9.78 Å². The van der Waals surface area contributed by atoms with Gasteiger partial charge < -0.3 is 11.1 Å². The summed E-state index contributed by atoms with van der Waals surface area (Å²) in [6.45, 7) is 0. The van der Waals surface area contributed by atoms with Crippen LogP contribution in [0.15, 0.2) is 18.5 Å². The zero-order chi connectivity index (χ0) is 15.8. The Morgan fingerprint density at radius 1 is 1.22 bits per heavy atom. The van der Waals surface area contributed by atoms with Crippen LogP contribution in [0.3, 0.4) is 0 Å². The number of pyridine rings is 2. The van der Waals surface area contributed by atoms with Crippen LogP contribution < -0.4 is 11.1 Å². The summed E-state index contributed by atoms with van der Waals surface area (Å²) in [5.41, 5.74) is 7.58. The van der Waals surface area contributed by atoms with E-state index >= 15 is 0 Å². The van der Waals surface area contributed by atoms with Gasteiger partial charge in [0.2, 0.25) is 5.91 Å². The average molecular weight is 308 g/mol. The van der Waals surface area contributed by atoms with Gasteiger partial charge in [-0.05, 0) is 60.5 Å². The molecule has 23 heavy (non-hydrogen) atoms. The number of carbonyl (C=O) groups is 1. The van der Waals surface area contributed by atoms with E-state index in [-0.39, 0.29) is 5.91 Å². The van der Waals surface area contributed by atoms with Gasteiger partial charge in [-0.1, -0.05) is 0 Å². The van der Waals surface area contributed by atoms with Crippen molar-refractivity contribution < 1.29 is 4.79 Å². The predicted molar refractivity (Wildman–Crippen MR) is 88.2 cm³/mol. The number of amides is 1. The van der Waals surface area contributed by atoms with Crippen molar-refractivity contribution in [2.24, 2.45) is 11.7 Å². The summed E-state index contributed by atoms with van der Waals surface area (Å²) in [5, 5.41) is 5.39. The lowest BCUT2D eigenvalue weighted by atomic mass is 9.42. The van der Waals surface area contributed by atoms with Gasteiger partial charge in [-0.15, -0.1) is 0 Å². The first kappa shape index (κ1) is 13.3. The number of primary amides is 1. The van der Waals surface area contributed by atoms with Gasteiger partial charge in [-0.2, -0.15) is 0 Å². The maximum atomic E-state index is 11.9. The van der Waals surface area contributed by atoms with Gasteiger partial charge in [-0.25, -0.2) is 4.98 Å². The molecular weight excluding hydrogens is 288 g/mol. The van der Waals surface area contributed by atoms with Crippen molar-refractivity contribution >= 4 is 22.5 Å². The molecule has 4 aliphatic carbocycles. The molecule has 0 radical (unpaired) electrons. The Morgan fingerprint density at radius 3 is 2.48 bits per heavy atom. The Kier molecular flexibility index (Phi) is 2.32. The summed E-state index contributed by atoms with van der Waals surface area (Å²) in [6.07, 6.45) is 9.35. The van der Waals surface area contributed by atoms with Crippen LogP contribution in [0.1, 0.15) is 43.4 Å². The molecular formula is C18H20N4O. The van der Waals surface area contributed by atoms with Crippen molar-refractivity contribution in [2.75, 3.05) is 12.4 Å². The van der Waals surface area contributed by atoms with Crippen molar-refractivity contribution in [1.82, 2.24) is 9.97 Å². The molecule has 2 aromatic heterocycles. The molecule has 1 amide bonds. The first-order valence-corrected chi connectivity index (χ1v) is 8.35. The lowest BCUT2D eigenvalue weighted by molar-refractivity contribution is -0.120. The van der Waals surface area contributed by atoms with Gasteiger partial charge in [0.05, 0.1) is 11.1 Å². The lowest BCUT2D eigenvalue weighted by Gasteiger charge is -2.62. The molecule has 5 nitrogen and oxygen atoms in total. The number of carbonyl (C=O) groups excluding carboxylic acids is 1. The van der Waals surface area contributed by atoms with Crippen LogP contribution in [0.25, 0.3) is 10.8 Å². The molecule has 2 aromatic rings. The summed E-state index contributed by atoms with van der Waals surface area (Å²) >= 11 is 0. The monoisotopic (exact) mass is 308 g/mol. The lowest BCUT2D eigenvalue weighted by Crippen LogP contribution is -2.55. The second-order valence-corrected chi connectivity index (χ2v) is 7.59. The highest BCUT2D eigenvalue weighted by Gasteiger charge is 2.58. The Bertz CT molecular complexity index is 838. The Labute approximate surface area is 134 Å². The zero-order valence-corrected chi connectivity index (χ0v) is 13.2. The molecule has 4 fully saturated rings. The summed E-state index contributed by atoms with van der Waals surface area (Å²) in [6, 6.07) is 2.10. The third-order valence-corrected chi connectivity index (χ3v) is 6.33. The molecule has 5 heteroatoms. The van der Waals surface area contributed by atoms with E-state index in [2.05, 4.69) is 21.4 Å². The van der Waals surface area contributed by atoms with Gasteiger partial charge in [0.1, 0.15) is 5.82 Å². The Morgan fingerprint density at radius 2 is 1.96 bits per heavy atom. The van der Waals surface area contributed by atoms with Crippen LogP contribution in [-0.4, -0.2) is 22.9 Å². The van der Waals surface area contributed by atoms with Crippen LogP contribution in [0, 0.1) is 5.92 Å². The summed E-state index contributed by atoms with van der Waals surface area (Å²) < 4.78 is 0. The number of fused-ring (bicyclic) bond motifs is 1. The number of nitrogens with zero attached hydrogens (tertiary/aromatic N) is 2. The van der Waals surface area contributed by atoms with E-state index in [1.54, 1.807) is 0 Å². The highest BCUT2D eigenvalue weighted by Crippen LogP contribution is 2.66. The van der Waals surface area contributed by atoms with Gasteiger partial charge in [0.15, 0.2) is 0 Å². The third-order valence-electron chi connectivity index (χ3n) is 6.33. The number of nitrogens with two attached hydrogens (primary N) is 1. The SMILES string of the molecule is CNc1ncc(C23CC(C2)C3)c2cc(C3(C(N)=O)CC3)ncc12. The van der Waals surface area contributed by atoms with Crippen LogP contribution in [0.5, 0.6) is 0 Å². The van der Waals surface area contributed by atoms with Crippen molar-refractivity contribution in [1.29, 1.82) is 0 Å². The predicted octanol–water partition coefficient (Wildman–Crippen LogP) is 2.24. The first-order valence-electron chi connectivity index (χ1n) is 8.35. The van der Waals surface area contributed by atoms with Crippen molar-refractivity contribution in [3.63, 3.8) is 0 Å². The molecule has 0 spiro atoms.